The molecule has 1 aromatic heterocycles. The van der Waals surface area contributed by atoms with Crippen molar-refractivity contribution in [3.05, 3.63) is 88.9 Å². The van der Waals surface area contributed by atoms with Crippen molar-refractivity contribution in [1.82, 2.24) is 14.6 Å². The van der Waals surface area contributed by atoms with Gasteiger partial charge in [-0.15, -0.1) is 11.3 Å². The molecule has 43 heavy (non-hydrogen) atoms. The molecule has 0 aliphatic carbocycles. The van der Waals surface area contributed by atoms with Crippen LogP contribution in [0.2, 0.25) is 0 Å². The van der Waals surface area contributed by atoms with Crippen LogP contribution in [0.15, 0.2) is 77.7 Å². The predicted octanol–water partition coefficient (Wildman–Crippen LogP) is 4.65. The lowest BCUT2D eigenvalue weighted by atomic mass is 10.0. The van der Waals surface area contributed by atoms with Gasteiger partial charge in [0.15, 0.2) is 0 Å². The number of aromatic nitrogens is 1. The Hall–Kier alpha value is -4.33. The Kier molecular flexibility index (Phi) is 9.48. The van der Waals surface area contributed by atoms with Crippen LogP contribution < -0.4 is 15.8 Å². The van der Waals surface area contributed by atoms with Crippen LogP contribution in [0.5, 0.6) is 0 Å². The molecule has 0 aliphatic rings. The van der Waals surface area contributed by atoms with E-state index in [0.717, 1.165) is 20.7 Å². The maximum absolute atomic E-state index is 13.7. The fraction of sp³-hybridized carbons (Fsp3) is 0.267. The molecule has 0 radical (unpaired) electrons. The molecule has 0 saturated carbocycles. The molecule has 0 saturated heterocycles. The summed E-state index contributed by atoms with van der Waals surface area (Å²) in [5, 5.41) is 11.0. The zero-order valence-corrected chi connectivity index (χ0v) is 25.9. The van der Waals surface area contributed by atoms with Crippen molar-refractivity contribution in [2.24, 2.45) is 5.73 Å². The van der Waals surface area contributed by atoms with Crippen molar-refractivity contribution in [2.45, 2.75) is 43.7 Å². The van der Waals surface area contributed by atoms with Crippen LogP contribution >= 0.6 is 11.3 Å². The minimum absolute atomic E-state index is 0.0607. The Labute approximate surface area is 254 Å². The van der Waals surface area contributed by atoms with Crippen molar-refractivity contribution < 1.29 is 22.7 Å². The number of hydrogen-bond acceptors (Lipinski definition) is 8. The number of hydrogen-bond donors (Lipinski definition) is 4. The first kappa shape index (κ1) is 31.6. The average Bonchev–Trinajstić information content (AvgIpc) is 3.36. The molecule has 13 heteroatoms. The summed E-state index contributed by atoms with van der Waals surface area (Å²) in [6.45, 7) is 4.89. The van der Waals surface area contributed by atoms with Gasteiger partial charge in [-0.05, 0) is 69.2 Å². The van der Waals surface area contributed by atoms with E-state index < -0.39 is 33.7 Å². The number of nitrogens with two attached hydrogens (primary N) is 1. The molecule has 4 aromatic rings. The second-order valence-electron chi connectivity index (χ2n) is 10.9. The number of benzene rings is 3. The minimum Gasteiger partial charge on any atom is -0.444 e. The number of thiazole rings is 1. The zero-order valence-electron chi connectivity index (χ0n) is 24.2. The molecule has 226 valence electrons. The SMILES string of the molecule is CN(CC(=O)Nc1cccc(S(=O)(=O)NC(Cc2cccc(C(=N)N)c2)c2nc3ccccc3s2)c1)C(=O)OC(C)(C)C. The number of ether oxygens (including phenoxy) is 1. The lowest BCUT2D eigenvalue weighted by Gasteiger charge is -2.24. The van der Waals surface area contributed by atoms with Crippen molar-refractivity contribution in [1.29, 1.82) is 5.41 Å². The van der Waals surface area contributed by atoms with Gasteiger partial charge < -0.3 is 20.7 Å². The number of anilines is 1. The van der Waals surface area contributed by atoms with E-state index in [1.807, 2.05) is 30.3 Å². The standard InChI is InChI=1S/C30H34N6O5S2/c1-30(2,3)41-29(38)36(4)18-26(37)33-21-11-8-12-22(17-21)43(39,40)35-24(16-19-9-7-10-20(15-19)27(31)32)28-34-23-13-5-6-14-25(23)42-28/h5-15,17,24,35H,16,18H2,1-4H3,(H3,31,32)(H,33,37). The van der Waals surface area contributed by atoms with E-state index in [2.05, 4.69) is 10.0 Å². The number of amides is 2. The monoisotopic (exact) mass is 622 g/mol. The molecule has 0 bridgehead atoms. The fourth-order valence-corrected chi connectivity index (χ4v) is 6.48. The van der Waals surface area contributed by atoms with E-state index in [1.54, 1.807) is 45.0 Å². The highest BCUT2D eigenvalue weighted by Gasteiger charge is 2.26. The van der Waals surface area contributed by atoms with Crippen LogP contribution in [0.1, 0.15) is 42.9 Å². The van der Waals surface area contributed by atoms with Crippen LogP contribution in [0.3, 0.4) is 0 Å². The second kappa shape index (κ2) is 12.9. The average molecular weight is 623 g/mol. The molecule has 2 amide bonds. The zero-order chi connectivity index (χ0) is 31.4. The van der Waals surface area contributed by atoms with Crippen molar-refractivity contribution in [3.8, 4) is 0 Å². The molecular formula is C30H34N6O5S2. The number of nitrogens with zero attached hydrogens (tertiary/aromatic N) is 2. The van der Waals surface area contributed by atoms with Gasteiger partial charge in [0, 0.05) is 18.3 Å². The number of amidine groups is 1. The fourth-order valence-electron chi connectivity index (χ4n) is 4.14. The smallest absolute Gasteiger partial charge is 0.410 e. The van der Waals surface area contributed by atoms with Gasteiger partial charge in [0.25, 0.3) is 0 Å². The first-order chi connectivity index (χ1) is 20.2. The molecule has 1 unspecified atom stereocenters. The van der Waals surface area contributed by atoms with Crippen LogP contribution in [0.4, 0.5) is 10.5 Å². The van der Waals surface area contributed by atoms with Gasteiger partial charge in [0.05, 0.1) is 21.2 Å². The molecule has 3 aromatic carbocycles. The molecule has 1 heterocycles. The highest BCUT2D eigenvalue weighted by Crippen LogP contribution is 2.30. The van der Waals surface area contributed by atoms with E-state index in [1.165, 1.54) is 36.6 Å². The lowest BCUT2D eigenvalue weighted by Crippen LogP contribution is -2.38. The largest absolute Gasteiger partial charge is 0.444 e. The molecule has 11 nitrogen and oxygen atoms in total. The molecule has 4 rings (SSSR count). The Morgan fingerprint density at radius 3 is 2.49 bits per heavy atom. The Balaban J connectivity index is 1.55. The molecule has 0 spiro atoms. The number of rotatable bonds is 10. The van der Waals surface area contributed by atoms with Crippen LogP contribution in [0, 0.1) is 5.41 Å². The molecule has 0 fully saturated rings. The van der Waals surface area contributed by atoms with Gasteiger partial charge in [-0.1, -0.05) is 36.4 Å². The lowest BCUT2D eigenvalue weighted by molar-refractivity contribution is -0.117. The van der Waals surface area contributed by atoms with Gasteiger partial charge >= 0.3 is 6.09 Å². The first-order valence-corrected chi connectivity index (χ1v) is 15.7. The minimum atomic E-state index is -4.09. The normalized spacial score (nSPS) is 12.5. The van der Waals surface area contributed by atoms with Gasteiger partial charge in [-0.3, -0.25) is 10.2 Å². The number of carbonyl (C=O) groups is 2. The third-order valence-corrected chi connectivity index (χ3v) is 8.72. The number of nitrogen functional groups attached to an aromatic ring is 1. The third kappa shape index (κ3) is 8.60. The van der Waals surface area contributed by atoms with Crippen LogP contribution in [0.25, 0.3) is 10.2 Å². The first-order valence-electron chi connectivity index (χ1n) is 13.4. The third-order valence-electron chi connectivity index (χ3n) is 6.10. The molecule has 5 N–H and O–H groups in total. The highest BCUT2D eigenvalue weighted by molar-refractivity contribution is 7.89. The quantitative estimate of drug-likeness (QED) is 0.147. The van der Waals surface area contributed by atoms with Crippen molar-refractivity contribution >= 4 is 55.1 Å². The number of carbonyl (C=O) groups excluding carboxylic acids is 2. The number of sulfonamides is 1. The summed E-state index contributed by atoms with van der Waals surface area (Å²) in [5.74, 6) is -0.608. The molecule has 0 aliphatic heterocycles. The van der Waals surface area contributed by atoms with Crippen LogP contribution in [-0.4, -0.2) is 55.3 Å². The van der Waals surface area contributed by atoms with Gasteiger partial charge in [-0.25, -0.2) is 22.9 Å². The van der Waals surface area contributed by atoms with Gasteiger partial charge in [0.1, 0.15) is 23.0 Å². The number of para-hydroxylation sites is 1. The van der Waals surface area contributed by atoms with E-state index in [4.69, 9.17) is 20.9 Å². The van der Waals surface area contributed by atoms with Crippen molar-refractivity contribution in [2.75, 3.05) is 18.9 Å². The predicted molar refractivity (Wildman–Crippen MR) is 168 cm³/mol. The van der Waals surface area contributed by atoms with Crippen molar-refractivity contribution in [3.63, 3.8) is 0 Å². The summed E-state index contributed by atoms with van der Waals surface area (Å²) in [4.78, 5) is 30.6. The summed E-state index contributed by atoms with van der Waals surface area (Å²) in [5.41, 5.74) is 7.27. The summed E-state index contributed by atoms with van der Waals surface area (Å²) < 4.78 is 36.3. The van der Waals surface area contributed by atoms with E-state index >= 15 is 0 Å². The van der Waals surface area contributed by atoms with Gasteiger partial charge in [-0.2, -0.15) is 0 Å². The topological polar surface area (TPSA) is 168 Å². The summed E-state index contributed by atoms with van der Waals surface area (Å²) in [6, 6.07) is 19.7. The highest BCUT2D eigenvalue weighted by atomic mass is 32.2. The number of fused-ring (bicyclic) bond motifs is 1. The molecular weight excluding hydrogens is 589 g/mol. The van der Waals surface area contributed by atoms with Crippen LogP contribution in [-0.2, 0) is 26.0 Å². The van der Waals surface area contributed by atoms with Gasteiger partial charge in [0.2, 0.25) is 15.9 Å². The Morgan fingerprint density at radius 2 is 1.79 bits per heavy atom. The maximum Gasteiger partial charge on any atom is 0.410 e. The summed E-state index contributed by atoms with van der Waals surface area (Å²) >= 11 is 1.39. The second-order valence-corrected chi connectivity index (χ2v) is 13.7. The van der Waals surface area contributed by atoms with E-state index in [-0.39, 0.29) is 29.4 Å². The van der Waals surface area contributed by atoms with E-state index in [9.17, 15) is 18.0 Å². The number of nitrogens with one attached hydrogen (secondary N) is 3. The number of likely N-dealkylation sites (N-methyl/N-ethyl adjacent to an activating group) is 1. The maximum atomic E-state index is 13.7. The Bertz CT molecular complexity index is 1730. The van der Waals surface area contributed by atoms with E-state index in [0.29, 0.717) is 10.6 Å². The summed E-state index contributed by atoms with van der Waals surface area (Å²) in [6.07, 6.45) is -0.397. The Morgan fingerprint density at radius 1 is 1.07 bits per heavy atom. The summed E-state index contributed by atoms with van der Waals surface area (Å²) in [7, 11) is -2.66. The molecule has 1 atom stereocenters.